The SMILES string of the molecule is CC(C(=O)Nc1cccc(F)c1)N(c1cccc(F)c1)S(C)(=O)=O. The second-order valence-electron chi connectivity index (χ2n) is 5.21. The minimum absolute atomic E-state index is 0.0272. The molecule has 1 atom stereocenters. The molecule has 2 rings (SSSR count). The summed E-state index contributed by atoms with van der Waals surface area (Å²) in [7, 11) is -3.85. The third-order valence-electron chi connectivity index (χ3n) is 3.24. The standard InChI is InChI=1S/C16H16F2N2O3S/c1-11(16(21)19-14-7-3-5-12(17)9-14)20(24(2,22)23)15-8-4-6-13(18)10-15/h3-11H,1-2H3,(H,19,21). The highest BCUT2D eigenvalue weighted by atomic mass is 32.2. The number of amides is 1. The Morgan fingerprint density at radius 2 is 1.67 bits per heavy atom. The van der Waals surface area contributed by atoms with Gasteiger partial charge in [0.25, 0.3) is 0 Å². The smallest absolute Gasteiger partial charge is 0.247 e. The number of halogens is 2. The largest absolute Gasteiger partial charge is 0.324 e. The van der Waals surface area contributed by atoms with Crippen molar-refractivity contribution in [1.29, 1.82) is 0 Å². The number of carbonyl (C=O) groups excluding carboxylic acids is 1. The Morgan fingerprint density at radius 1 is 1.08 bits per heavy atom. The third kappa shape index (κ3) is 4.29. The first-order valence-corrected chi connectivity index (χ1v) is 8.85. The van der Waals surface area contributed by atoms with Gasteiger partial charge in [-0.15, -0.1) is 0 Å². The Hall–Kier alpha value is -2.48. The number of nitrogens with zero attached hydrogens (tertiary/aromatic N) is 1. The van der Waals surface area contributed by atoms with Crippen LogP contribution in [0.1, 0.15) is 6.92 Å². The monoisotopic (exact) mass is 354 g/mol. The van der Waals surface area contributed by atoms with E-state index in [-0.39, 0.29) is 11.4 Å². The summed E-state index contributed by atoms with van der Waals surface area (Å²) in [5, 5.41) is 2.44. The zero-order valence-corrected chi connectivity index (χ0v) is 13.8. The van der Waals surface area contributed by atoms with Crippen LogP contribution in [-0.2, 0) is 14.8 Å². The van der Waals surface area contributed by atoms with Gasteiger partial charge < -0.3 is 5.32 Å². The van der Waals surface area contributed by atoms with Crippen LogP contribution in [0, 0.1) is 11.6 Å². The fourth-order valence-electron chi connectivity index (χ4n) is 2.23. The van der Waals surface area contributed by atoms with Gasteiger partial charge in [-0.1, -0.05) is 12.1 Å². The molecule has 0 saturated carbocycles. The van der Waals surface area contributed by atoms with Gasteiger partial charge in [-0.05, 0) is 43.3 Å². The molecule has 8 heteroatoms. The van der Waals surface area contributed by atoms with E-state index in [1.165, 1.54) is 43.3 Å². The summed E-state index contributed by atoms with van der Waals surface area (Å²) in [4.78, 5) is 12.3. The number of anilines is 2. The van der Waals surface area contributed by atoms with Crippen LogP contribution >= 0.6 is 0 Å². The molecule has 0 radical (unpaired) electrons. The van der Waals surface area contributed by atoms with Crippen LogP contribution in [0.2, 0.25) is 0 Å². The van der Waals surface area contributed by atoms with Crippen LogP contribution in [0.4, 0.5) is 20.2 Å². The molecule has 0 aliphatic rings. The molecule has 0 bridgehead atoms. The summed E-state index contributed by atoms with van der Waals surface area (Å²) in [5.41, 5.74) is 0.221. The molecular weight excluding hydrogens is 338 g/mol. The van der Waals surface area contributed by atoms with Crippen LogP contribution in [0.25, 0.3) is 0 Å². The summed E-state index contributed by atoms with van der Waals surface area (Å²) in [6, 6.07) is 8.97. The molecule has 5 nitrogen and oxygen atoms in total. The van der Waals surface area contributed by atoms with Gasteiger partial charge in [-0.2, -0.15) is 0 Å². The molecule has 0 saturated heterocycles. The molecule has 128 valence electrons. The van der Waals surface area contributed by atoms with E-state index in [0.717, 1.165) is 22.7 Å². The number of sulfonamides is 1. The van der Waals surface area contributed by atoms with Crippen molar-refractivity contribution in [2.45, 2.75) is 13.0 Å². The summed E-state index contributed by atoms with van der Waals surface area (Å²) >= 11 is 0. The minimum atomic E-state index is -3.85. The predicted octanol–water partition coefficient (Wildman–Crippen LogP) is 2.76. The number of nitrogens with one attached hydrogen (secondary N) is 1. The first kappa shape index (κ1) is 17.9. The Balaban J connectivity index is 2.31. The molecule has 0 aliphatic carbocycles. The number of hydrogen-bond donors (Lipinski definition) is 1. The number of rotatable bonds is 5. The molecule has 0 aromatic heterocycles. The van der Waals surface area contributed by atoms with Gasteiger partial charge in [0, 0.05) is 5.69 Å². The maximum Gasteiger partial charge on any atom is 0.247 e. The number of carbonyl (C=O) groups is 1. The van der Waals surface area contributed by atoms with E-state index in [1.54, 1.807) is 0 Å². The van der Waals surface area contributed by atoms with Crippen LogP contribution in [-0.4, -0.2) is 26.6 Å². The maximum atomic E-state index is 13.4. The Kier molecular flexibility index (Phi) is 5.18. The lowest BCUT2D eigenvalue weighted by atomic mass is 10.2. The van der Waals surface area contributed by atoms with Gasteiger partial charge in [-0.3, -0.25) is 9.10 Å². The van der Waals surface area contributed by atoms with E-state index in [4.69, 9.17) is 0 Å². The van der Waals surface area contributed by atoms with E-state index in [0.29, 0.717) is 0 Å². The fourth-order valence-corrected chi connectivity index (χ4v) is 3.40. The molecule has 2 aromatic carbocycles. The molecule has 24 heavy (non-hydrogen) atoms. The molecule has 0 heterocycles. The van der Waals surface area contributed by atoms with Gasteiger partial charge in [0.2, 0.25) is 15.9 Å². The highest BCUT2D eigenvalue weighted by Gasteiger charge is 2.29. The number of benzene rings is 2. The number of hydrogen-bond acceptors (Lipinski definition) is 3. The van der Waals surface area contributed by atoms with E-state index >= 15 is 0 Å². The molecule has 1 amide bonds. The van der Waals surface area contributed by atoms with Crippen molar-refractivity contribution in [3.05, 3.63) is 60.2 Å². The van der Waals surface area contributed by atoms with Crippen LogP contribution in [0.5, 0.6) is 0 Å². The van der Waals surface area contributed by atoms with E-state index in [2.05, 4.69) is 5.32 Å². The Morgan fingerprint density at radius 3 is 2.21 bits per heavy atom. The molecule has 0 aliphatic heterocycles. The van der Waals surface area contributed by atoms with Crippen LogP contribution in [0.3, 0.4) is 0 Å². The normalized spacial score (nSPS) is 12.5. The third-order valence-corrected chi connectivity index (χ3v) is 4.48. The summed E-state index contributed by atoms with van der Waals surface area (Å²) < 4.78 is 51.5. The van der Waals surface area contributed by atoms with Crippen LogP contribution < -0.4 is 9.62 Å². The summed E-state index contributed by atoms with van der Waals surface area (Å²) in [5.74, 6) is -1.83. The highest BCUT2D eigenvalue weighted by Crippen LogP contribution is 2.22. The fraction of sp³-hybridized carbons (Fsp3) is 0.188. The van der Waals surface area contributed by atoms with Crippen molar-refractivity contribution in [1.82, 2.24) is 0 Å². The van der Waals surface area contributed by atoms with Gasteiger partial charge in [0.15, 0.2) is 0 Å². The topological polar surface area (TPSA) is 66.5 Å². The molecule has 0 spiro atoms. The van der Waals surface area contributed by atoms with Crippen molar-refractivity contribution >= 4 is 27.3 Å². The highest BCUT2D eigenvalue weighted by molar-refractivity contribution is 7.92. The van der Waals surface area contributed by atoms with Crippen LogP contribution in [0.15, 0.2) is 48.5 Å². The Bertz CT molecular complexity index is 856. The predicted molar refractivity (Wildman–Crippen MR) is 88.2 cm³/mol. The zero-order chi connectivity index (χ0) is 17.9. The first-order valence-electron chi connectivity index (χ1n) is 7.00. The van der Waals surface area contributed by atoms with E-state index in [9.17, 15) is 22.0 Å². The van der Waals surface area contributed by atoms with Crippen molar-refractivity contribution in [2.75, 3.05) is 15.9 Å². The van der Waals surface area contributed by atoms with Gasteiger partial charge in [0.1, 0.15) is 17.7 Å². The maximum absolute atomic E-state index is 13.4. The quantitative estimate of drug-likeness (QED) is 0.898. The van der Waals surface area contributed by atoms with Gasteiger partial charge in [-0.25, -0.2) is 17.2 Å². The molecule has 1 N–H and O–H groups in total. The van der Waals surface area contributed by atoms with Gasteiger partial charge >= 0.3 is 0 Å². The lowest BCUT2D eigenvalue weighted by Gasteiger charge is -2.28. The molecule has 2 aromatic rings. The molecule has 0 fully saturated rings. The summed E-state index contributed by atoms with van der Waals surface area (Å²) in [6.45, 7) is 1.36. The van der Waals surface area contributed by atoms with Crippen molar-refractivity contribution in [3.63, 3.8) is 0 Å². The zero-order valence-electron chi connectivity index (χ0n) is 13.0. The Labute approximate surface area is 139 Å². The molecule has 1 unspecified atom stereocenters. The average Bonchev–Trinajstić information content (AvgIpc) is 2.46. The molecular formula is C16H16F2N2O3S. The lowest BCUT2D eigenvalue weighted by molar-refractivity contribution is -0.116. The second-order valence-corrected chi connectivity index (χ2v) is 7.07. The summed E-state index contributed by atoms with van der Waals surface area (Å²) in [6.07, 6.45) is 0.921. The van der Waals surface area contributed by atoms with Crippen molar-refractivity contribution in [3.8, 4) is 0 Å². The lowest BCUT2D eigenvalue weighted by Crippen LogP contribution is -2.45. The van der Waals surface area contributed by atoms with Crippen molar-refractivity contribution < 1.29 is 22.0 Å². The second kappa shape index (κ2) is 6.96. The van der Waals surface area contributed by atoms with Crippen molar-refractivity contribution in [2.24, 2.45) is 0 Å². The minimum Gasteiger partial charge on any atom is -0.324 e. The average molecular weight is 354 g/mol. The van der Waals surface area contributed by atoms with E-state index < -0.39 is 33.6 Å². The van der Waals surface area contributed by atoms with Gasteiger partial charge in [0.05, 0.1) is 11.9 Å². The first-order chi connectivity index (χ1) is 11.2. The van der Waals surface area contributed by atoms with E-state index in [1.807, 2.05) is 0 Å².